The molecule has 1 aliphatic rings. The van der Waals surface area contributed by atoms with Crippen LogP contribution < -0.4 is 9.05 Å². The summed E-state index contributed by atoms with van der Waals surface area (Å²) >= 11 is 0. The molecular formula is C28H26O10P2. The first-order valence-electron chi connectivity index (χ1n) is 12.2. The molecule has 0 aliphatic heterocycles. The number of phenols is 2. The van der Waals surface area contributed by atoms with Gasteiger partial charge >= 0.3 is 15.6 Å². The number of aromatic hydroxyl groups is 2. The van der Waals surface area contributed by atoms with Crippen molar-refractivity contribution in [3.05, 3.63) is 117 Å². The Morgan fingerprint density at radius 2 is 0.675 bits per heavy atom. The molecule has 0 spiro atoms. The third-order valence-electron chi connectivity index (χ3n) is 6.71. The van der Waals surface area contributed by atoms with Gasteiger partial charge in [-0.1, -0.05) is 72.8 Å². The highest BCUT2D eigenvalue weighted by Gasteiger charge is 2.26. The Kier molecular flexibility index (Phi) is 7.50. The predicted molar refractivity (Wildman–Crippen MR) is 146 cm³/mol. The molecule has 0 saturated carbocycles. The lowest BCUT2D eigenvalue weighted by Crippen LogP contribution is -2.05. The highest BCUT2D eigenvalue weighted by Crippen LogP contribution is 2.45. The summed E-state index contributed by atoms with van der Waals surface area (Å²) in [5.41, 5.74) is 3.39. The van der Waals surface area contributed by atoms with Crippen LogP contribution in [0.4, 0.5) is 0 Å². The van der Waals surface area contributed by atoms with Crippen molar-refractivity contribution in [2.75, 3.05) is 0 Å². The number of phenolic OH excluding ortho intramolecular Hbond substituents is 2. The molecule has 1 aliphatic carbocycles. The van der Waals surface area contributed by atoms with E-state index < -0.39 is 15.6 Å². The number of phosphoric ester groups is 2. The molecule has 208 valence electrons. The van der Waals surface area contributed by atoms with Gasteiger partial charge in [0.25, 0.3) is 0 Å². The van der Waals surface area contributed by atoms with Crippen LogP contribution in [-0.2, 0) is 34.8 Å². The summed E-state index contributed by atoms with van der Waals surface area (Å²) in [6.07, 6.45) is 0.225. The Balaban J connectivity index is 1.75. The molecular weight excluding hydrogens is 558 g/mol. The van der Waals surface area contributed by atoms with Gasteiger partial charge in [-0.3, -0.25) is 19.6 Å². The molecule has 6 N–H and O–H groups in total. The van der Waals surface area contributed by atoms with Gasteiger partial charge < -0.3 is 19.3 Å². The summed E-state index contributed by atoms with van der Waals surface area (Å²) in [6, 6.07) is 20.0. The van der Waals surface area contributed by atoms with Gasteiger partial charge in [0.2, 0.25) is 0 Å². The van der Waals surface area contributed by atoms with Gasteiger partial charge in [-0.15, -0.1) is 0 Å². The topological polar surface area (TPSA) is 174 Å². The molecule has 0 atom stereocenters. The molecule has 0 heterocycles. The van der Waals surface area contributed by atoms with Crippen LogP contribution >= 0.6 is 15.6 Å². The minimum atomic E-state index is -4.96. The van der Waals surface area contributed by atoms with Crippen LogP contribution in [0.5, 0.6) is 23.0 Å². The second kappa shape index (κ2) is 10.7. The zero-order valence-corrected chi connectivity index (χ0v) is 22.8. The average molecular weight is 584 g/mol. The summed E-state index contributed by atoms with van der Waals surface area (Å²) in [5, 5.41) is 22.4. The lowest BCUT2D eigenvalue weighted by Gasteiger charge is -2.20. The maximum absolute atomic E-state index is 11.9. The number of benzene rings is 4. The first-order valence-corrected chi connectivity index (χ1v) is 15.3. The van der Waals surface area contributed by atoms with Crippen LogP contribution in [-0.4, -0.2) is 29.8 Å². The largest absolute Gasteiger partial charge is 0.524 e. The SMILES string of the molecule is O=P(O)(O)Oc1c2cccc1Cc1cccc(c1O)Cc1cccc(c1OP(=O)(O)O)Cc1cccc(c1O)C2. The molecule has 0 amide bonds. The summed E-state index contributed by atoms with van der Waals surface area (Å²) in [4.78, 5) is 38.7. The normalized spacial score (nSPS) is 13.5. The maximum atomic E-state index is 11.9. The van der Waals surface area contributed by atoms with E-state index in [-0.39, 0.29) is 48.7 Å². The van der Waals surface area contributed by atoms with Crippen molar-refractivity contribution in [1.82, 2.24) is 0 Å². The molecule has 12 heteroatoms. The molecule has 0 unspecified atom stereocenters. The lowest BCUT2D eigenvalue weighted by atomic mass is 9.91. The molecule has 4 aromatic rings. The molecule has 0 saturated heterocycles. The van der Waals surface area contributed by atoms with E-state index in [1.807, 2.05) is 0 Å². The van der Waals surface area contributed by atoms with E-state index in [0.29, 0.717) is 44.5 Å². The average Bonchev–Trinajstić information content (AvgIpc) is 2.85. The molecule has 0 aromatic heterocycles. The van der Waals surface area contributed by atoms with Crippen molar-refractivity contribution in [3.8, 4) is 23.0 Å². The predicted octanol–water partition coefficient (Wildman–Crippen LogP) is 4.72. The number of fused-ring (bicyclic) bond motifs is 8. The van der Waals surface area contributed by atoms with Gasteiger partial charge in [-0.05, 0) is 44.5 Å². The molecule has 5 rings (SSSR count). The zero-order valence-electron chi connectivity index (χ0n) is 21.0. The van der Waals surface area contributed by atoms with Crippen LogP contribution in [0.15, 0.2) is 72.8 Å². The standard InChI is InChI=1S/C28H26O10P2/c29-25-17-5-1-6-18(25)14-22-10-4-12-24(28(22)38-40(34,35)36)16-20-8-2-7-19(26(20)30)15-23-11-3-9-21(13-17)27(23)37-39(31,32)33/h1-12,29-30H,13-16H2,(H2,31,32,33)(H2,34,35,36). The van der Waals surface area contributed by atoms with Gasteiger partial charge in [-0.2, -0.15) is 0 Å². The lowest BCUT2D eigenvalue weighted by molar-refractivity contribution is 0.279. The minimum Gasteiger partial charge on any atom is -0.507 e. The molecule has 0 radical (unpaired) electrons. The van der Waals surface area contributed by atoms with E-state index in [0.717, 1.165) is 0 Å². The van der Waals surface area contributed by atoms with Gasteiger partial charge in [-0.25, -0.2) is 9.13 Å². The van der Waals surface area contributed by atoms with Crippen molar-refractivity contribution < 1.29 is 48.0 Å². The fourth-order valence-corrected chi connectivity index (χ4v) is 5.93. The Labute approximate surface area is 229 Å². The second-order valence-corrected chi connectivity index (χ2v) is 11.9. The molecule has 10 nitrogen and oxygen atoms in total. The van der Waals surface area contributed by atoms with Crippen molar-refractivity contribution in [3.63, 3.8) is 0 Å². The van der Waals surface area contributed by atoms with Crippen molar-refractivity contribution >= 4 is 15.6 Å². The van der Waals surface area contributed by atoms with Crippen LogP contribution in [0.3, 0.4) is 0 Å². The number of rotatable bonds is 4. The van der Waals surface area contributed by atoms with E-state index in [4.69, 9.17) is 9.05 Å². The molecule has 40 heavy (non-hydrogen) atoms. The van der Waals surface area contributed by atoms with E-state index in [9.17, 15) is 38.9 Å². The number of hydrogen-bond donors (Lipinski definition) is 6. The van der Waals surface area contributed by atoms with Gasteiger partial charge in [0.1, 0.15) is 23.0 Å². The molecule has 0 fully saturated rings. The third-order valence-corrected chi connectivity index (χ3v) is 7.55. The minimum absolute atomic E-state index is 0.0416. The fourth-order valence-electron chi connectivity index (χ4n) is 4.99. The Morgan fingerprint density at radius 1 is 0.450 bits per heavy atom. The van der Waals surface area contributed by atoms with E-state index in [1.54, 1.807) is 72.8 Å². The zero-order chi connectivity index (χ0) is 28.7. The summed E-state index contributed by atoms with van der Waals surface area (Å²) in [6.45, 7) is 0. The Hall–Kier alpha value is -3.62. The number of phosphoric acid groups is 2. The maximum Gasteiger partial charge on any atom is 0.524 e. The van der Waals surface area contributed by atoms with E-state index in [2.05, 4.69) is 0 Å². The van der Waals surface area contributed by atoms with Crippen LogP contribution in [0.2, 0.25) is 0 Å². The smallest absolute Gasteiger partial charge is 0.507 e. The molecule has 8 bridgehead atoms. The molecule has 4 aromatic carbocycles. The van der Waals surface area contributed by atoms with Crippen molar-refractivity contribution in [2.24, 2.45) is 0 Å². The first kappa shape index (κ1) is 27.9. The summed E-state index contributed by atoms with van der Waals surface area (Å²) in [5.74, 6) is -0.254. The van der Waals surface area contributed by atoms with Crippen molar-refractivity contribution in [2.45, 2.75) is 25.7 Å². The quantitative estimate of drug-likeness (QED) is 0.162. The number of hydrogen-bond acceptors (Lipinski definition) is 6. The Bertz CT molecular complexity index is 1480. The fraction of sp³-hybridized carbons (Fsp3) is 0.143. The van der Waals surface area contributed by atoms with E-state index in [1.165, 1.54) is 0 Å². The highest BCUT2D eigenvalue weighted by atomic mass is 31.2. The van der Waals surface area contributed by atoms with Gasteiger partial charge in [0, 0.05) is 25.7 Å². The summed E-state index contributed by atoms with van der Waals surface area (Å²) in [7, 11) is -9.92. The van der Waals surface area contributed by atoms with Gasteiger partial charge in [0.05, 0.1) is 0 Å². The second-order valence-electron chi connectivity index (χ2n) is 9.53. The van der Waals surface area contributed by atoms with Crippen LogP contribution in [0, 0.1) is 0 Å². The van der Waals surface area contributed by atoms with Crippen molar-refractivity contribution in [1.29, 1.82) is 0 Å². The van der Waals surface area contributed by atoms with E-state index >= 15 is 0 Å². The monoisotopic (exact) mass is 584 g/mol. The Morgan fingerprint density at radius 3 is 0.900 bits per heavy atom. The highest BCUT2D eigenvalue weighted by molar-refractivity contribution is 7.47. The van der Waals surface area contributed by atoms with Gasteiger partial charge in [0.15, 0.2) is 0 Å². The van der Waals surface area contributed by atoms with Crippen LogP contribution in [0.1, 0.15) is 44.5 Å². The summed E-state index contributed by atoms with van der Waals surface area (Å²) < 4.78 is 34.1. The first-order chi connectivity index (χ1) is 18.9. The third kappa shape index (κ3) is 6.24. The number of para-hydroxylation sites is 4. The van der Waals surface area contributed by atoms with Crippen LogP contribution in [0.25, 0.3) is 0 Å².